The van der Waals surface area contributed by atoms with E-state index >= 15 is 0 Å². The third-order valence-electron chi connectivity index (χ3n) is 1.63. The van der Waals surface area contributed by atoms with Crippen molar-refractivity contribution >= 4 is 5.91 Å². The van der Waals surface area contributed by atoms with Crippen LogP contribution in [0.3, 0.4) is 0 Å². The topological polar surface area (TPSA) is 94.9 Å². The van der Waals surface area contributed by atoms with Crippen molar-refractivity contribution in [1.82, 2.24) is 15.1 Å². The number of hydrogen-bond donors (Lipinski definition) is 1. The molecule has 2 rings (SSSR count). The monoisotopic (exact) mass is 203 g/mol. The predicted molar refractivity (Wildman–Crippen MR) is 50.1 cm³/mol. The number of pyridine rings is 1. The van der Waals surface area contributed by atoms with Crippen LogP contribution in [-0.2, 0) is 4.79 Å². The molecule has 0 aromatic carbocycles. The average molecular weight is 203 g/mol. The summed E-state index contributed by atoms with van der Waals surface area (Å²) in [5, 5.41) is 3.67. The molecule has 2 aromatic heterocycles. The van der Waals surface area contributed by atoms with Crippen LogP contribution < -0.4 is 5.73 Å². The zero-order valence-electron chi connectivity index (χ0n) is 7.62. The van der Waals surface area contributed by atoms with Crippen LogP contribution >= 0.6 is 0 Å². The first-order valence-electron chi connectivity index (χ1n) is 4.14. The predicted octanol–water partition coefficient (Wildman–Crippen LogP) is 0.169. The maximum absolute atomic E-state index is 10.5. The van der Waals surface area contributed by atoms with E-state index in [1.54, 1.807) is 24.5 Å². The van der Waals surface area contributed by atoms with Gasteiger partial charge in [0, 0.05) is 18.0 Å². The SMILES string of the molecule is NC(=O)[CH]c1nc(-c2cccnc2)no1. The molecular weight excluding hydrogens is 196 g/mol. The van der Waals surface area contributed by atoms with E-state index in [1.807, 2.05) is 0 Å². The lowest BCUT2D eigenvalue weighted by molar-refractivity contribution is -0.114. The van der Waals surface area contributed by atoms with E-state index in [0.717, 1.165) is 6.42 Å². The van der Waals surface area contributed by atoms with Crippen LogP contribution in [-0.4, -0.2) is 21.0 Å². The van der Waals surface area contributed by atoms with Gasteiger partial charge in [-0.15, -0.1) is 0 Å². The van der Waals surface area contributed by atoms with Crippen molar-refractivity contribution in [2.45, 2.75) is 0 Å². The molecule has 1 radical (unpaired) electrons. The van der Waals surface area contributed by atoms with Gasteiger partial charge in [-0.05, 0) is 12.1 Å². The lowest BCUT2D eigenvalue weighted by Gasteiger charge is -1.89. The summed E-state index contributed by atoms with van der Waals surface area (Å²) in [7, 11) is 0. The van der Waals surface area contributed by atoms with Gasteiger partial charge in [-0.1, -0.05) is 5.16 Å². The molecule has 0 aliphatic heterocycles. The highest BCUT2D eigenvalue weighted by molar-refractivity contribution is 5.85. The largest absolute Gasteiger partial charge is 0.369 e. The van der Waals surface area contributed by atoms with Crippen molar-refractivity contribution in [3.8, 4) is 11.4 Å². The molecule has 0 unspecified atom stereocenters. The maximum atomic E-state index is 10.5. The Hall–Kier alpha value is -2.24. The number of nitrogens with zero attached hydrogens (tertiary/aromatic N) is 3. The van der Waals surface area contributed by atoms with Crippen LogP contribution in [0.25, 0.3) is 11.4 Å². The number of rotatable bonds is 3. The van der Waals surface area contributed by atoms with E-state index in [0.29, 0.717) is 11.4 Å². The first kappa shape index (κ1) is 9.32. The van der Waals surface area contributed by atoms with E-state index in [-0.39, 0.29) is 5.89 Å². The smallest absolute Gasteiger partial charge is 0.240 e. The van der Waals surface area contributed by atoms with Crippen LogP contribution in [0.4, 0.5) is 0 Å². The molecule has 6 nitrogen and oxygen atoms in total. The van der Waals surface area contributed by atoms with Crippen molar-refractivity contribution < 1.29 is 9.32 Å². The number of carbonyl (C=O) groups excluding carboxylic acids is 1. The van der Waals surface area contributed by atoms with E-state index in [4.69, 9.17) is 10.3 Å². The summed E-state index contributed by atoms with van der Waals surface area (Å²) in [5.41, 5.74) is 5.65. The number of aromatic nitrogens is 3. The second-order valence-corrected chi connectivity index (χ2v) is 2.74. The van der Waals surface area contributed by atoms with Crippen LogP contribution in [0.5, 0.6) is 0 Å². The average Bonchev–Trinajstić information content (AvgIpc) is 2.67. The fourth-order valence-corrected chi connectivity index (χ4v) is 1.03. The zero-order valence-corrected chi connectivity index (χ0v) is 7.62. The molecule has 0 spiro atoms. The van der Waals surface area contributed by atoms with Crippen LogP contribution in [0.2, 0.25) is 0 Å². The highest BCUT2D eigenvalue weighted by Gasteiger charge is 2.10. The molecule has 0 saturated heterocycles. The molecule has 0 atom stereocenters. The van der Waals surface area contributed by atoms with Gasteiger partial charge in [0.25, 0.3) is 0 Å². The van der Waals surface area contributed by atoms with Crippen molar-refractivity contribution in [1.29, 1.82) is 0 Å². The fraction of sp³-hybridized carbons (Fsp3) is 0. The minimum atomic E-state index is -0.628. The molecule has 2 heterocycles. The van der Waals surface area contributed by atoms with Crippen molar-refractivity contribution in [2.24, 2.45) is 5.73 Å². The normalized spacial score (nSPS) is 10.1. The zero-order chi connectivity index (χ0) is 10.7. The van der Waals surface area contributed by atoms with E-state index in [2.05, 4.69) is 15.1 Å². The van der Waals surface area contributed by atoms with Crippen LogP contribution in [0, 0.1) is 6.42 Å². The molecule has 0 aliphatic carbocycles. The van der Waals surface area contributed by atoms with E-state index < -0.39 is 5.91 Å². The number of nitrogens with two attached hydrogens (primary N) is 1. The molecule has 15 heavy (non-hydrogen) atoms. The highest BCUT2D eigenvalue weighted by Crippen LogP contribution is 2.13. The third kappa shape index (κ3) is 2.16. The van der Waals surface area contributed by atoms with Gasteiger partial charge in [0.2, 0.25) is 17.6 Å². The Morgan fingerprint density at radius 3 is 3.07 bits per heavy atom. The molecule has 2 aromatic rings. The van der Waals surface area contributed by atoms with Crippen molar-refractivity contribution in [3.63, 3.8) is 0 Å². The minimum absolute atomic E-state index is 0.0846. The third-order valence-corrected chi connectivity index (χ3v) is 1.63. The first-order chi connectivity index (χ1) is 7.25. The minimum Gasteiger partial charge on any atom is -0.369 e. The Balaban J connectivity index is 2.24. The van der Waals surface area contributed by atoms with Crippen LogP contribution in [0.15, 0.2) is 29.0 Å². The Bertz CT molecular complexity index is 466. The van der Waals surface area contributed by atoms with Crippen molar-refractivity contribution in [3.05, 3.63) is 36.8 Å². The van der Waals surface area contributed by atoms with E-state index in [9.17, 15) is 4.79 Å². The lowest BCUT2D eigenvalue weighted by Crippen LogP contribution is -2.11. The van der Waals surface area contributed by atoms with Gasteiger partial charge < -0.3 is 10.3 Å². The quantitative estimate of drug-likeness (QED) is 0.767. The summed E-state index contributed by atoms with van der Waals surface area (Å²) in [6.45, 7) is 0. The van der Waals surface area contributed by atoms with Gasteiger partial charge in [0.05, 0.1) is 0 Å². The Morgan fingerprint density at radius 2 is 2.40 bits per heavy atom. The molecule has 0 fully saturated rings. The molecule has 0 bridgehead atoms. The number of amides is 1. The second-order valence-electron chi connectivity index (χ2n) is 2.74. The Morgan fingerprint density at radius 1 is 1.53 bits per heavy atom. The molecule has 75 valence electrons. The summed E-state index contributed by atoms with van der Waals surface area (Å²) in [6.07, 6.45) is 4.30. The van der Waals surface area contributed by atoms with Gasteiger partial charge in [-0.2, -0.15) is 4.98 Å². The summed E-state index contributed by atoms with van der Waals surface area (Å²) >= 11 is 0. The standard InChI is InChI=1S/C9H7N4O2/c10-7(14)4-8-12-9(13-15-8)6-2-1-3-11-5-6/h1-5H,(H2,10,14). The molecule has 2 N–H and O–H groups in total. The highest BCUT2D eigenvalue weighted by atomic mass is 16.5. The first-order valence-corrected chi connectivity index (χ1v) is 4.14. The number of carbonyl (C=O) groups is 1. The fourth-order valence-electron chi connectivity index (χ4n) is 1.03. The molecular formula is C9H7N4O2. The number of primary amides is 1. The molecule has 0 aliphatic rings. The summed E-state index contributed by atoms with van der Waals surface area (Å²) in [5.74, 6) is -0.173. The van der Waals surface area contributed by atoms with E-state index in [1.165, 1.54) is 0 Å². The number of hydrogen-bond acceptors (Lipinski definition) is 5. The molecule has 0 saturated carbocycles. The molecule has 6 heteroatoms. The van der Waals surface area contributed by atoms with Crippen LogP contribution in [0.1, 0.15) is 5.89 Å². The summed E-state index contributed by atoms with van der Waals surface area (Å²) in [6, 6.07) is 3.54. The van der Waals surface area contributed by atoms with Gasteiger partial charge in [-0.3, -0.25) is 9.78 Å². The second kappa shape index (κ2) is 3.87. The van der Waals surface area contributed by atoms with Gasteiger partial charge in [0.1, 0.15) is 6.42 Å². The Labute approximate surface area is 85.1 Å². The molecule has 1 amide bonds. The van der Waals surface area contributed by atoms with Gasteiger partial charge in [0.15, 0.2) is 0 Å². The van der Waals surface area contributed by atoms with Crippen molar-refractivity contribution in [2.75, 3.05) is 0 Å². The van der Waals surface area contributed by atoms with Gasteiger partial charge in [-0.25, -0.2) is 0 Å². The summed E-state index contributed by atoms with van der Waals surface area (Å²) in [4.78, 5) is 18.4. The lowest BCUT2D eigenvalue weighted by atomic mass is 10.3. The Kier molecular flexibility index (Phi) is 2.40. The summed E-state index contributed by atoms with van der Waals surface area (Å²) < 4.78 is 4.78. The van der Waals surface area contributed by atoms with Gasteiger partial charge >= 0.3 is 0 Å². The maximum Gasteiger partial charge on any atom is 0.240 e.